The maximum atomic E-state index is 13.1. The topological polar surface area (TPSA) is 237 Å². The van der Waals surface area contributed by atoms with Crippen LogP contribution in [0.1, 0.15) is 388 Å². The molecule has 0 radical (unpaired) electrons. The number of ether oxygens (including phenoxy) is 4. The highest BCUT2D eigenvalue weighted by Gasteiger charge is 2.30. The Morgan fingerprint density at radius 1 is 0.301 bits per heavy atom. The van der Waals surface area contributed by atoms with E-state index in [4.69, 9.17) is 37.0 Å². The fourth-order valence-corrected chi connectivity index (χ4v) is 12.9. The highest BCUT2D eigenvalue weighted by Crippen LogP contribution is 2.45. The zero-order valence-electron chi connectivity index (χ0n) is 60.4. The van der Waals surface area contributed by atoms with Crippen molar-refractivity contribution >= 4 is 39.5 Å². The fraction of sp³-hybridized carbons (Fsp3) is 0.946. The van der Waals surface area contributed by atoms with Crippen molar-refractivity contribution in [3.63, 3.8) is 0 Å². The van der Waals surface area contributed by atoms with Crippen LogP contribution in [0.3, 0.4) is 0 Å². The molecule has 0 aliphatic carbocycles. The van der Waals surface area contributed by atoms with Crippen LogP contribution in [0.5, 0.6) is 0 Å². The van der Waals surface area contributed by atoms with Gasteiger partial charge in [-0.25, -0.2) is 9.13 Å². The van der Waals surface area contributed by atoms with E-state index in [9.17, 15) is 43.2 Å². The molecule has 0 amide bonds. The van der Waals surface area contributed by atoms with Gasteiger partial charge in [-0.3, -0.25) is 37.3 Å². The molecule has 0 aliphatic heterocycles. The Labute approximate surface area is 568 Å². The summed E-state index contributed by atoms with van der Waals surface area (Å²) in [6.45, 7) is 7.20. The fourth-order valence-electron chi connectivity index (χ4n) is 11.3. The van der Waals surface area contributed by atoms with Crippen molar-refractivity contribution in [1.82, 2.24) is 0 Å². The SMILES string of the molecule is CCCCCCCCCCCCCCCCCCCCCCC(=O)O[C@H](COC(=O)CCCCCCCCCCCCCCCCC)COP(=O)(O)OC[C@@H](O)COP(=O)(O)OC[C@@H](COC(=O)CCCCCCCCCC)OC(=O)CCCCCCCCC(C)CC. The Bertz CT molecular complexity index is 1790. The summed E-state index contributed by atoms with van der Waals surface area (Å²) in [6, 6.07) is 0. The van der Waals surface area contributed by atoms with Gasteiger partial charge in [-0.15, -0.1) is 0 Å². The number of phosphoric ester groups is 2. The lowest BCUT2D eigenvalue weighted by atomic mass is 10.00. The number of phosphoric acid groups is 2. The molecule has 3 unspecified atom stereocenters. The first-order valence-electron chi connectivity index (χ1n) is 38.7. The number of rotatable bonds is 74. The molecule has 0 saturated carbocycles. The van der Waals surface area contributed by atoms with Gasteiger partial charge in [-0.2, -0.15) is 0 Å². The molecule has 17 nitrogen and oxygen atoms in total. The number of hydrogen-bond donors (Lipinski definition) is 3. The van der Waals surface area contributed by atoms with E-state index < -0.39 is 97.5 Å². The molecule has 0 bridgehead atoms. The van der Waals surface area contributed by atoms with Crippen molar-refractivity contribution in [2.75, 3.05) is 39.6 Å². The smallest absolute Gasteiger partial charge is 0.462 e. The molecule has 19 heteroatoms. The van der Waals surface area contributed by atoms with Gasteiger partial charge in [-0.05, 0) is 31.6 Å². The molecule has 6 atom stereocenters. The average Bonchev–Trinajstić information content (AvgIpc) is 3.76. The monoisotopic (exact) mass is 1370 g/mol. The van der Waals surface area contributed by atoms with Crippen molar-refractivity contribution in [3.05, 3.63) is 0 Å². The Morgan fingerprint density at radius 3 is 0.763 bits per heavy atom. The minimum Gasteiger partial charge on any atom is -0.462 e. The van der Waals surface area contributed by atoms with E-state index in [1.54, 1.807) is 0 Å². The molecule has 0 heterocycles. The van der Waals surface area contributed by atoms with Gasteiger partial charge in [0.1, 0.15) is 19.3 Å². The van der Waals surface area contributed by atoms with Crippen LogP contribution in [0.15, 0.2) is 0 Å². The van der Waals surface area contributed by atoms with Crippen molar-refractivity contribution in [2.45, 2.75) is 406 Å². The van der Waals surface area contributed by atoms with Crippen molar-refractivity contribution in [1.29, 1.82) is 0 Å². The molecule has 0 aliphatic rings. The summed E-state index contributed by atoms with van der Waals surface area (Å²) in [4.78, 5) is 72.6. The minimum absolute atomic E-state index is 0.103. The van der Waals surface area contributed by atoms with Gasteiger partial charge in [-0.1, -0.05) is 336 Å². The molecule has 0 aromatic rings. The molecule has 3 N–H and O–H groups in total. The van der Waals surface area contributed by atoms with Crippen molar-refractivity contribution < 1.29 is 80.2 Å². The van der Waals surface area contributed by atoms with Gasteiger partial charge in [0, 0.05) is 25.7 Å². The molecular weight excluding hydrogens is 1220 g/mol. The number of carbonyl (C=O) groups excluding carboxylic acids is 4. The number of aliphatic hydroxyl groups excluding tert-OH is 1. The molecule has 0 rings (SSSR count). The zero-order valence-corrected chi connectivity index (χ0v) is 62.2. The minimum atomic E-state index is -4.95. The average molecular weight is 1370 g/mol. The lowest BCUT2D eigenvalue weighted by Gasteiger charge is -2.21. The van der Waals surface area contributed by atoms with Gasteiger partial charge in [0.05, 0.1) is 26.4 Å². The van der Waals surface area contributed by atoms with E-state index in [0.717, 1.165) is 102 Å². The second kappa shape index (κ2) is 67.3. The Kier molecular flexibility index (Phi) is 65.9. The summed E-state index contributed by atoms with van der Waals surface area (Å²) in [5.74, 6) is -1.40. The Balaban J connectivity index is 5.18. The Hall–Kier alpha value is -1.94. The number of esters is 4. The summed E-state index contributed by atoms with van der Waals surface area (Å²) >= 11 is 0. The second-order valence-electron chi connectivity index (χ2n) is 26.9. The van der Waals surface area contributed by atoms with Crippen LogP contribution in [0.2, 0.25) is 0 Å². The standard InChI is InChI=1S/C74H144O17P2/c1-6-10-13-16-19-22-24-26-28-29-30-31-32-34-36-38-40-43-49-54-59-73(78)90-69(63-85-72(77)58-53-48-42-39-37-35-33-27-25-23-20-17-14-11-7-2)65-88-92(80,81)86-61-68(75)62-87-93(82,83)89-66-70(64-84-71(76)57-52-47-41-21-18-15-12-8-3)91-74(79)60-55-50-45-44-46-51-56-67(5)9-4/h67-70,75H,6-66H2,1-5H3,(H,80,81)(H,82,83)/t67?,68-,69-,70-/m1/s1. The normalized spacial score (nSPS) is 14.3. The first kappa shape index (κ1) is 91.1. The highest BCUT2D eigenvalue weighted by molar-refractivity contribution is 7.47. The summed E-state index contributed by atoms with van der Waals surface area (Å²) in [5, 5.41) is 10.6. The predicted octanol–water partition coefficient (Wildman–Crippen LogP) is 21.7. The zero-order chi connectivity index (χ0) is 68.4. The van der Waals surface area contributed by atoms with Crippen LogP contribution in [0.4, 0.5) is 0 Å². The molecule has 552 valence electrons. The summed E-state index contributed by atoms with van der Waals surface area (Å²) in [6.07, 6.45) is 55.7. The van der Waals surface area contributed by atoms with Crippen LogP contribution < -0.4 is 0 Å². The van der Waals surface area contributed by atoms with E-state index in [-0.39, 0.29) is 25.7 Å². The van der Waals surface area contributed by atoms with Gasteiger partial charge >= 0.3 is 39.5 Å². The maximum absolute atomic E-state index is 13.1. The van der Waals surface area contributed by atoms with Crippen molar-refractivity contribution in [2.24, 2.45) is 5.92 Å². The third kappa shape index (κ3) is 67.0. The lowest BCUT2D eigenvalue weighted by molar-refractivity contribution is -0.161. The molecule has 0 saturated heterocycles. The number of hydrogen-bond acceptors (Lipinski definition) is 15. The Morgan fingerprint density at radius 2 is 0.516 bits per heavy atom. The van der Waals surface area contributed by atoms with Crippen LogP contribution in [0.25, 0.3) is 0 Å². The predicted molar refractivity (Wildman–Crippen MR) is 377 cm³/mol. The quantitative estimate of drug-likeness (QED) is 0.0222. The molecular formula is C74H144O17P2. The third-order valence-electron chi connectivity index (χ3n) is 17.6. The first-order chi connectivity index (χ1) is 45.1. The molecule has 0 fully saturated rings. The summed E-state index contributed by atoms with van der Waals surface area (Å²) in [7, 11) is -9.90. The third-order valence-corrected chi connectivity index (χ3v) is 19.5. The van der Waals surface area contributed by atoms with E-state index >= 15 is 0 Å². The first-order valence-corrected chi connectivity index (χ1v) is 41.7. The molecule has 0 aromatic carbocycles. The lowest BCUT2D eigenvalue weighted by Crippen LogP contribution is -2.30. The van der Waals surface area contributed by atoms with Gasteiger partial charge in [0.25, 0.3) is 0 Å². The van der Waals surface area contributed by atoms with Crippen LogP contribution in [0, 0.1) is 5.92 Å². The summed E-state index contributed by atoms with van der Waals surface area (Å²) < 4.78 is 68.3. The molecule has 0 aromatic heterocycles. The van der Waals surface area contributed by atoms with Gasteiger partial charge < -0.3 is 33.8 Å². The van der Waals surface area contributed by atoms with Crippen molar-refractivity contribution in [3.8, 4) is 0 Å². The molecule has 93 heavy (non-hydrogen) atoms. The van der Waals surface area contributed by atoms with Crippen LogP contribution in [-0.4, -0.2) is 96.7 Å². The number of aliphatic hydroxyl groups is 1. The number of unbranched alkanes of at least 4 members (excludes halogenated alkanes) is 45. The largest absolute Gasteiger partial charge is 0.472 e. The van der Waals surface area contributed by atoms with E-state index in [0.29, 0.717) is 25.7 Å². The van der Waals surface area contributed by atoms with Gasteiger partial charge in [0.2, 0.25) is 0 Å². The molecule has 0 spiro atoms. The van der Waals surface area contributed by atoms with Crippen LogP contribution in [-0.2, 0) is 65.4 Å². The second-order valence-corrected chi connectivity index (χ2v) is 29.8. The number of carbonyl (C=O) groups is 4. The van der Waals surface area contributed by atoms with Gasteiger partial charge in [0.15, 0.2) is 12.2 Å². The van der Waals surface area contributed by atoms with E-state index in [2.05, 4.69) is 34.6 Å². The summed E-state index contributed by atoms with van der Waals surface area (Å²) in [5.41, 5.74) is 0. The van der Waals surface area contributed by atoms with Crippen LogP contribution >= 0.6 is 15.6 Å². The van der Waals surface area contributed by atoms with E-state index in [1.165, 1.54) is 205 Å². The highest BCUT2D eigenvalue weighted by atomic mass is 31.2. The maximum Gasteiger partial charge on any atom is 0.472 e. The van der Waals surface area contributed by atoms with E-state index in [1.807, 2.05) is 0 Å².